The lowest BCUT2D eigenvalue weighted by Gasteiger charge is -2.26. The maximum absolute atomic E-state index is 12.9. The molecule has 2 rings (SSSR count). The van der Waals surface area contributed by atoms with Gasteiger partial charge in [-0.25, -0.2) is 0 Å². The summed E-state index contributed by atoms with van der Waals surface area (Å²) in [6.45, 7) is 6.46. The number of aromatic amines is 1. The van der Waals surface area contributed by atoms with Crippen LogP contribution in [0.5, 0.6) is 0 Å². The Morgan fingerprint density at radius 3 is 2.24 bits per heavy atom. The Morgan fingerprint density at radius 2 is 1.61 bits per heavy atom. The van der Waals surface area contributed by atoms with Crippen molar-refractivity contribution < 1.29 is 24.3 Å². The number of benzene rings is 1. The van der Waals surface area contributed by atoms with Crippen LogP contribution in [0.3, 0.4) is 0 Å². The fourth-order valence-corrected chi connectivity index (χ4v) is 3.36. The molecule has 5 atom stereocenters. The van der Waals surface area contributed by atoms with E-state index in [0.29, 0.717) is 6.42 Å². The van der Waals surface area contributed by atoms with Crippen LogP contribution in [0.25, 0.3) is 10.9 Å². The first-order chi connectivity index (χ1) is 15.5. The summed E-state index contributed by atoms with van der Waals surface area (Å²) < 4.78 is 0. The van der Waals surface area contributed by atoms with Crippen molar-refractivity contribution in [3.05, 3.63) is 36.0 Å². The number of H-pyrrole nitrogens is 1. The molecule has 0 aliphatic carbocycles. The van der Waals surface area contributed by atoms with Gasteiger partial charge in [-0.2, -0.15) is 0 Å². The highest BCUT2D eigenvalue weighted by Gasteiger charge is 2.30. The Morgan fingerprint density at radius 1 is 0.970 bits per heavy atom. The van der Waals surface area contributed by atoms with E-state index in [1.165, 1.54) is 13.8 Å². The van der Waals surface area contributed by atoms with Crippen molar-refractivity contribution >= 4 is 34.6 Å². The van der Waals surface area contributed by atoms with E-state index in [9.17, 15) is 19.2 Å². The second-order valence-electron chi connectivity index (χ2n) is 8.34. The molecule has 0 bridgehead atoms. The van der Waals surface area contributed by atoms with Gasteiger partial charge in [0, 0.05) is 17.1 Å². The second-order valence-corrected chi connectivity index (χ2v) is 8.34. The summed E-state index contributed by atoms with van der Waals surface area (Å²) in [5.41, 5.74) is 7.99. The summed E-state index contributed by atoms with van der Waals surface area (Å²) in [6.07, 6.45) is 2.71. The number of amides is 3. The van der Waals surface area contributed by atoms with Crippen LogP contribution >= 0.6 is 0 Å². The average Bonchev–Trinajstić information content (AvgIpc) is 3.19. The third-order valence-corrected chi connectivity index (χ3v) is 5.73. The first kappa shape index (κ1) is 25.9. The number of carboxylic acid groups (broad SMARTS) is 1. The van der Waals surface area contributed by atoms with Crippen LogP contribution < -0.4 is 21.7 Å². The lowest BCUT2D eigenvalue weighted by Crippen LogP contribution is -2.58. The van der Waals surface area contributed by atoms with E-state index in [0.717, 1.165) is 16.5 Å². The molecule has 3 amide bonds. The van der Waals surface area contributed by atoms with E-state index in [4.69, 9.17) is 10.8 Å². The molecule has 1 aromatic carbocycles. The Labute approximate surface area is 192 Å². The molecule has 0 radical (unpaired) electrons. The molecular formula is C23H33N5O5. The Balaban J connectivity index is 2.03. The number of carboxylic acids is 1. The number of aromatic nitrogens is 1. The van der Waals surface area contributed by atoms with E-state index < -0.39 is 47.9 Å². The van der Waals surface area contributed by atoms with Gasteiger partial charge in [0.05, 0.1) is 6.04 Å². The van der Waals surface area contributed by atoms with Crippen LogP contribution in [-0.4, -0.2) is 57.9 Å². The van der Waals surface area contributed by atoms with Gasteiger partial charge >= 0.3 is 5.97 Å². The zero-order chi connectivity index (χ0) is 24.7. The second kappa shape index (κ2) is 11.5. The van der Waals surface area contributed by atoms with Gasteiger partial charge in [-0.3, -0.25) is 19.2 Å². The Bertz CT molecular complexity index is 1000. The molecule has 1 heterocycles. The number of hydrogen-bond acceptors (Lipinski definition) is 5. The number of hydrogen-bond donors (Lipinski definition) is 6. The molecule has 0 aliphatic heterocycles. The predicted molar refractivity (Wildman–Crippen MR) is 124 cm³/mol. The zero-order valence-electron chi connectivity index (χ0n) is 19.3. The smallest absolute Gasteiger partial charge is 0.325 e. The highest BCUT2D eigenvalue weighted by molar-refractivity contribution is 5.94. The molecule has 10 heteroatoms. The van der Waals surface area contributed by atoms with Gasteiger partial charge in [0.15, 0.2) is 0 Å². The summed E-state index contributed by atoms with van der Waals surface area (Å²) in [5.74, 6) is -3.05. The molecule has 2 aromatic rings. The van der Waals surface area contributed by atoms with Gasteiger partial charge in [0.2, 0.25) is 17.7 Å². The van der Waals surface area contributed by atoms with Gasteiger partial charge < -0.3 is 31.8 Å². The molecule has 7 N–H and O–H groups in total. The molecular weight excluding hydrogens is 426 g/mol. The van der Waals surface area contributed by atoms with E-state index >= 15 is 0 Å². The molecule has 0 saturated carbocycles. The number of rotatable bonds is 11. The lowest BCUT2D eigenvalue weighted by atomic mass is 9.97. The van der Waals surface area contributed by atoms with Gasteiger partial charge in [-0.15, -0.1) is 0 Å². The van der Waals surface area contributed by atoms with Crippen LogP contribution in [0.15, 0.2) is 30.5 Å². The van der Waals surface area contributed by atoms with Crippen molar-refractivity contribution in [3.8, 4) is 0 Å². The fraction of sp³-hybridized carbons (Fsp3) is 0.478. The fourth-order valence-electron chi connectivity index (χ4n) is 3.36. The topological polar surface area (TPSA) is 166 Å². The molecule has 10 nitrogen and oxygen atoms in total. The highest BCUT2D eigenvalue weighted by atomic mass is 16.4. The van der Waals surface area contributed by atoms with Crippen molar-refractivity contribution in [1.29, 1.82) is 0 Å². The third-order valence-electron chi connectivity index (χ3n) is 5.73. The number of aliphatic carboxylic acids is 1. The number of carbonyl (C=O) groups is 4. The van der Waals surface area contributed by atoms with Crippen LogP contribution in [0.1, 0.15) is 39.7 Å². The maximum Gasteiger partial charge on any atom is 0.325 e. The van der Waals surface area contributed by atoms with Gasteiger partial charge in [0.25, 0.3) is 0 Å². The highest BCUT2D eigenvalue weighted by Crippen LogP contribution is 2.19. The van der Waals surface area contributed by atoms with Crippen molar-refractivity contribution in [2.45, 2.75) is 64.7 Å². The third kappa shape index (κ3) is 6.79. The quantitative estimate of drug-likeness (QED) is 0.289. The van der Waals surface area contributed by atoms with E-state index in [1.54, 1.807) is 0 Å². The van der Waals surface area contributed by atoms with Gasteiger partial charge in [0.1, 0.15) is 18.1 Å². The zero-order valence-corrected chi connectivity index (χ0v) is 19.3. The Hall–Kier alpha value is -3.40. The molecule has 5 unspecified atom stereocenters. The summed E-state index contributed by atoms with van der Waals surface area (Å²) in [7, 11) is 0. The van der Waals surface area contributed by atoms with Crippen LogP contribution in [0, 0.1) is 5.92 Å². The van der Waals surface area contributed by atoms with Crippen molar-refractivity contribution in [2.24, 2.45) is 11.7 Å². The van der Waals surface area contributed by atoms with E-state index in [2.05, 4.69) is 20.9 Å². The normalized spacial score (nSPS) is 15.7. The summed E-state index contributed by atoms with van der Waals surface area (Å²) in [4.78, 5) is 51.9. The number of nitrogens with two attached hydrogens (primary N) is 1. The van der Waals surface area contributed by atoms with Gasteiger partial charge in [-0.1, -0.05) is 38.5 Å². The number of para-hydroxylation sites is 1. The molecule has 180 valence electrons. The summed E-state index contributed by atoms with van der Waals surface area (Å²) >= 11 is 0. The SMILES string of the molecule is CCC(C)C(NC(=O)C(N)Cc1c[nH]c2ccccc12)C(=O)NC(C)C(=O)NC(C)C(=O)O. The minimum Gasteiger partial charge on any atom is -0.480 e. The first-order valence-electron chi connectivity index (χ1n) is 11.0. The molecule has 0 fully saturated rings. The monoisotopic (exact) mass is 459 g/mol. The Kier molecular flexibility index (Phi) is 8.98. The number of nitrogens with one attached hydrogen (secondary N) is 4. The van der Waals surface area contributed by atoms with Crippen LogP contribution in [-0.2, 0) is 25.6 Å². The largest absolute Gasteiger partial charge is 0.480 e. The maximum atomic E-state index is 12.9. The number of carbonyl (C=O) groups excluding carboxylic acids is 3. The predicted octanol–water partition coefficient (Wildman–Crippen LogP) is 0.663. The van der Waals surface area contributed by atoms with Crippen LogP contribution in [0.4, 0.5) is 0 Å². The van der Waals surface area contributed by atoms with Crippen LogP contribution in [0.2, 0.25) is 0 Å². The molecule has 1 aromatic heterocycles. The molecule has 33 heavy (non-hydrogen) atoms. The lowest BCUT2D eigenvalue weighted by molar-refractivity contribution is -0.141. The first-order valence-corrected chi connectivity index (χ1v) is 11.0. The van der Waals surface area contributed by atoms with Crippen molar-refractivity contribution in [2.75, 3.05) is 0 Å². The minimum absolute atomic E-state index is 0.220. The average molecular weight is 460 g/mol. The summed E-state index contributed by atoms with van der Waals surface area (Å²) in [5, 5.41) is 17.5. The summed E-state index contributed by atoms with van der Waals surface area (Å²) in [6, 6.07) is 3.84. The van der Waals surface area contributed by atoms with Crippen molar-refractivity contribution in [1.82, 2.24) is 20.9 Å². The standard InChI is InChI=1S/C23H33N5O5/c1-5-12(2)19(22(31)26-13(3)20(29)27-14(4)23(32)33)28-21(30)17(24)10-15-11-25-18-9-7-6-8-16(15)18/h6-9,11-14,17,19,25H,5,10,24H2,1-4H3,(H,26,31)(H,27,29)(H,28,30)(H,32,33). The van der Waals surface area contributed by atoms with E-state index in [-0.39, 0.29) is 12.3 Å². The van der Waals surface area contributed by atoms with E-state index in [1.807, 2.05) is 44.3 Å². The van der Waals surface area contributed by atoms with Crippen molar-refractivity contribution in [3.63, 3.8) is 0 Å². The molecule has 0 saturated heterocycles. The number of fused-ring (bicyclic) bond motifs is 1. The minimum atomic E-state index is -1.18. The van der Waals surface area contributed by atoms with Gasteiger partial charge in [-0.05, 0) is 37.8 Å². The molecule has 0 spiro atoms. The molecule has 0 aliphatic rings.